The Balaban J connectivity index is 2.54. The van der Waals surface area contributed by atoms with Crippen molar-refractivity contribution < 1.29 is 0 Å². The van der Waals surface area contributed by atoms with E-state index < -0.39 is 0 Å². The minimum atomic E-state index is 0.373. The lowest BCUT2D eigenvalue weighted by Gasteiger charge is -2.31. The van der Waals surface area contributed by atoms with Crippen LogP contribution in [0.4, 0.5) is 0 Å². The molecule has 0 aromatic carbocycles. The summed E-state index contributed by atoms with van der Waals surface area (Å²) in [7, 11) is 0. The van der Waals surface area contributed by atoms with Crippen LogP contribution < -0.4 is 21.6 Å². The van der Waals surface area contributed by atoms with Gasteiger partial charge in [0.1, 0.15) is 10.8 Å². The topological polar surface area (TPSA) is 51.4 Å². The Morgan fingerprint density at radius 3 is 2.79 bits per heavy atom. The summed E-state index contributed by atoms with van der Waals surface area (Å²) in [5.41, 5.74) is 9.10. The van der Waals surface area contributed by atoms with Gasteiger partial charge in [-0.15, -0.1) is 0 Å². The third-order valence-electron chi connectivity index (χ3n) is 1.49. The van der Waals surface area contributed by atoms with E-state index >= 15 is 0 Å². The maximum absolute atomic E-state index is 5.08. The van der Waals surface area contributed by atoms with E-state index in [2.05, 4.69) is 35.4 Å². The molecule has 4 N–H and O–H groups in total. The first-order valence-electron chi connectivity index (χ1n) is 4.71. The smallest absolute Gasteiger partial charge is 0.119 e. The van der Waals surface area contributed by atoms with Gasteiger partial charge in [-0.05, 0) is 13.8 Å². The van der Waals surface area contributed by atoms with Crippen LogP contribution in [0.1, 0.15) is 20.8 Å². The molecular formula is C8H17N5S. The number of nitrogens with one attached hydrogen (secondary N) is 4. The molecule has 0 fully saturated rings. The average molecular weight is 215 g/mol. The van der Waals surface area contributed by atoms with Crippen molar-refractivity contribution in [3.8, 4) is 0 Å². The van der Waals surface area contributed by atoms with Crippen LogP contribution in [0.3, 0.4) is 0 Å². The van der Waals surface area contributed by atoms with Gasteiger partial charge in [-0.3, -0.25) is 10.9 Å². The molecule has 5 nitrogen and oxygen atoms in total. The van der Waals surface area contributed by atoms with Crippen molar-refractivity contribution in [2.24, 2.45) is 0 Å². The number of nitrogens with zero attached hydrogens (tertiary/aromatic N) is 1. The van der Waals surface area contributed by atoms with Gasteiger partial charge in [0.2, 0.25) is 0 Å². The second-order valence-corrected chi connectivity index (χ2v) is 3.73. The fourth-order valence-electron chi connectivity index (χ4n) is 1.08. The zero-order valence-electron chi connectivity index (χ0n) is 8.72. The van der Waals surface area contributed by atoms with Crippen molar-refractivity contribution in [1.29, 1.82) is 0 Å². The number of hydrazine groups is 3. The first kappa shape index (κ1) is 11.2. The molecular weight excluding hydrogens is 198 g/mol. The molecule has 1 rings (SSSR count). The summed E-state index contributed by atoms with van der Waals surface area (Å²) < 4.78 is 0. The largest absolute Gasteiger partial charge is 0.369 e. The third kappa shape index (κ3) is 3.49. The molecule has 1 aliphatic rings. The molecule has 14 heavy (non-hydrogen) atoms. The molecule has 0 aromatic heterocycles. The van der Waals surface area contributed by atoms with Crippen molar-refractivity contribution in [2.45, 2.75) is 26.8 Å². The number of hydrogen-bond acceptors (Lipinski definition) is 5. The van der Waals surface area contributed by atoms with Crippen molar-refractivity contribution in [1.82, 2.24) is 26.8 Å². The second-order valence-electron chi connectivity index (χ2n) is 3.29. The lowest BCUT2D eigenvalue weighted by atomic mass is 10.4. The minimum absolute atomic E-state index is 0.373. The van der Waals surface area contributed by atoms with Gasteiger partial charge in [0.05, 0.1) is 0 Å². The van der Waals surface area contributed by atoms with Crippen LogP contribution in [-0.4, -0.2) is 22.8 Å². The van der Waals surface area contributed by atoms with Crippen molar-refractivity contribution in [2.75, 3.05) is 6.54 Å². The summed E-state index contributed by atoms with van der Waals surface area (Å²) in [5.74, 6) is 0.893. The highest BCUT2D eigenvalue weighted by Gasteiger charge is 2.12. The Morgan fingerprint density at radius 2 is 2.21 bits per heavy atom. The van der Waals surface area contributed by atoms with E-state index in [-0.39, 0.29) is 0 Å². The Hall–Kier alpha value is -0.850. The fraction of sp³-hybridized carbons (Fsp3) is 0.625. The molecule has 0 saturated carbocycles. The van der Waals surface area contributed by atoms with Gasteiger partial charge in [0.15, 0.2) is 0 Å². The van der Waals surface area contributed by atoms with Gasteiger partial charge < -0.3 is 5.32 Å². The monoisotopic (exact) mass is 215 g/mol. The van der Waals surface area contributed by atoms with Crippen LogP contribution in [-0.2, 0) is 0 Å². The van der Waals surface area contributed by atoms with Gasteiger partial charge in [-0.25, -0.2) is 5.43 Å². The summed E-state index contributed by atoms with van der Waals surface area (Å²) in [6, 6.07) is 0.373. The van der Waals surface area contributed by atoms with Gasteiger partial charge in [-0.2, -0.15) is 0 Å². The van der Waals surface area contributed by atoms with E-state index in [1.54, 1.807) is 5.23 Å². The second kappa shape index (κ2) is 5.14. The van der Waals surface area contributed by atoms with Gasteiger partial charge in [-0.1, -0.05) is 24.4 Å². The van der Waals surface area contributed by atoms with E-state index in [0.29, 0.717) is 11.0 Å². The molecule has 0 atom stereocenters. The van der Waals surface area contributed by atoms with E-state index in [1.807, 2.05) is 13.0 Å². The zero-order chi connectivity index (χ0) is 10.6. The Bertz CT molecular complexity index is 238. The third-order valence-corrected chi connectivity index (χ3v) is 1.70. The zero-order valence-corrected chi connectivity index (χ0v) is 9.53. The molecule has 0 aliphatic carbocycles. The molecule has 6 heteroatoms. The maximum atomic E-state index is 5.08. The lowest BCUT2D eigenvalue weighted by Crippen LogP contribution is -2.61. The molecule has 0 spiro atoms. The molecule has 0 bridgehead atoms. The van der Waals surface area contributed by atoms with E-state index in [9.17, 15) is 0 Å². The molecule has 1 aliphatic heterocycles. The van der Waals surface area contributed by atoms with Crippen molar-refractivity contribution in [3.63, 3.8) is 0 Å². The molecule has 80 valence electrons. The summed E-state index contributed by atoms with van der Waals surface area (Å²) in [6.45, 7) is 6.98. The predicted molar refractivity (Wildman–Crippen MR) is 60.7 cm³/mol. The highest BCUT2D eigenvalue weighted by molar-refractivity contribution is 7.80. The minimum Gasteiger partial charge on any atom is -0.369 e. The van der Waals surface area contributed by atoms with Crippen LogP contribution in [0.25, 0.3) is 0 Å². The summed E-state index contributed by atoms with van der Waals surface area (Å²) in [4.78, 5) is 0.674. The van der Waals surface area contributed by atoms with Crippen LogP contribution in [0.5, 0.6) is 0 Å². The molecule has 0 unspecified atom stereocenters. The SMILES string of the molecule is CCNN1NC(=S)C=C(NC(C)C)N1. The molecule has 1 heterocycles. The summed E-state index contributed by atoms with van der Waals surface area (Å²) in [6.07, 6.45) is 1.85. The van der Waals surface area contributed by atoms with Gasteiger partial charge in [0.25, 0.3) is 0 Å². The van der Waals surface area contributed by atoms with Gasteiger partial charge >= 0.3 is 0 Å². The average Bonchev–Trinajstić information content (AvgIpc) is 2.01. The van der Waals surface area contributed by atoms with Crippen LogP contribution >= 0.6 is 12.2 Å². The first-order chi connectivity index (χ1) is 6.61. The number of hydrogen-bond donors (Lipinski definition) is 4. The van der Waals surface area contributed by atoms with Gasteiger partial charge in [0, 0.05) is 18.7 Å². The predicted octanol–water partition coefficient (Wildman–Crippen LogP) is 0.00250. The molecule has 0 radical (unpaired) electrons. The summed E-state index contributed by atoms with van der Waals surface area (Å²) in [5, 5.41) is 4.89. The van der Waals surface area contributed by atoms with E-state index in [1.165, 1.54) is 0 Å². The van der Waals surface area contributed by atoms with E-state index in [0.717, 1.165) is 12.4 Å². The number of thiocarbonyl (C=S) groups is 1. The Labute approximate surface area is 89.8 Å². The highest BCUT2D eigenvalue weighted by atomic mass is 32.1. The molecule has 0 saturated heterocycles. The quantitative estimate of drug-likeness (QED) is 0.495. The standard InChI is InChI=1S/C8H17N5S/c1-4-9-13-11-7(10-6(2)3)5-8(14)12-13/h5-6,9-11H,4H2,1-3H3,(H,12,14). The fourth-order valence-corrected chi connectivity index (χ4v) is 1.29. The normalized spacial score (nSPS) is 17.4. The van der Waals surface area contributed by atoms with Crippen molar-refractivity contribution in [3.05, 3.63) is 11.9 Å². The molecule has 0 aromatic rings. The number of rotatable bonds is 4. The Kier molecular flexibility index (Phi) is 4.12. The van der Waals surface area contributed by atoms with E-state index in [4.69, 9.17) is 12.2 Å². The highest BCUT2D eigenvalue weighted by Crippen LogP contribution is 1.95. The summed E-state index contributed by atoms with van der Waals surface area (Å²) >= 11 is 5.08. The lowest BCUT2D eigenvalue weighted by molar-refractivity contribution is 0.0923. The van der Waals surface area contributed by atoms with Crippen LogP contribution in [0.15, 0.2) is 11.9 Å². The molecule has 0 amide bonds. The van der Waals surface area contributed by atoms with Crippen LogP contribution in [0.2, 0.25) is 0 Å². The van der Waals surface area contributed by atoms with Crippen LogP contribution in [0, 0.1) is 0 Å². The Morgan fingerprint density at radius 1 is 1.50 bits per heavy atom. The van der Waals surface area contributed by atoms with Crippen molar-refractivity contribution >= 4 is 17.2 Å². The maximum Gasteiger partial charge on any atom is 0.119 e. The first-order valence-corrected chi connectivity index (χ1v) is 5.11.